The lowest BCUT2D eigenvalue weighted by Crippen LogP contribution is -2.48. The molecule has 0 saturated heterocycles. The van der Waals surface area contributed by atoms with E-state index in [1.165, 1.54) is 0 Å². The van der Waals surface area contributed by atoms with Crippen LogP contribution in [0.3, 0.4) is 0 Å². The minimum atomic E-state index is -0.987. The summed E-state index contributed by atoms with van der Waals surface area (Å²) in [6, 6.07) is 1.86. The largest absolute Gasteiger partial charge is 0.409 e. The zero-order chi connectivity index (χ0) is 13.8. The summed E-state index contributed by atoms with van der Waals surface area (Å²) < 4.78 is 0. The molecule has 2 unspecified atom stereocenters. The van der Waals surface area contributed by atoms with Gasteiger partial charge in [0.2, 0.25) is 5.91 Å². The van der Waals surface area contributed by atoms with Gasteiger partial charge in [-0.3, -0.25) is 4.79 Å². The van der Waals surface area contributed by atoms with Crippen molar-refractivity contribution in [2.75, 3.05) is 0 Å². The Bertz CT molecular complexity index is 431. The lowest BCUT2D eigenvalue weighted by atomic mass is 9.85. The number of carbonyl (C=O) groups excluding carboxylic acids is 1. The molecule has 1 aromatic rings. The molecular formula is C12H19N3O2S. The van der Waals surface area contributed by atoms with Gasteiger partial charge in [-0.2, -0.15) is 11.3 Å². The summed E-state index contributed by atoms with van der Waals surface area (Å²) >= 11 is 1.58. The molecule has 0 aliphatic rings. The van der Waals surface area contributed by atoms with Gasteiger partial charge in [-0.1, -0.05) is 12.1 Å². The molecule has 0 radical (unpaired) electrons. The van der Waals surface area contributed by atoms with Crippen LogP contribution >= 0.6 is 11.3 Å². The van der Waals surface area contributed by atoms with Crippen molar-refractivity contribution in [3.8, 4) is 0 Å². The fourth-order valence-electron chi connectivity index (χ4n) is 1.53. The Balaban J connectivity index is 2.81. The maximum Gasteiger partial charge on any atom is 0.234 e. The molecule has 0 aliphatic carbocycles. The Hall–Kier alpha value is -1.56. The number of nitrogens with two attached hydrogens (primary N) is 1. The predicted octanol–water partition coefficient (Wildman–Crippen LogP) is 2.09. The number of amides is 1. The second-order valence-corrected chi connectivity index (χ2v) is 5.20. The van der Waals surface area contributed by atoms with Gasteiger partial charge in [-0.25, -0.2) is 0 Å². The van der Waals surface area contributed by atoms with Crippen LogP contribution in [0.5, 0.6) is 0 Å². The summed E-state index contributed by atoms with van der Waals surface area (Å²) in [5.74, 6) is -0.306. The van der Waals surface area contributed by atoms with Gasteiger partial charge >= 0.3 is 0 Å². The van der Waals surface area contributed by atoms with Crippen LogP contribution in [0.15, 0.2) is 22.0 Å². The smallest absolute Gasteiger partial charge is 0.234 e. The predicted molar refractivity (Wildman–Crippen MR) is 72.7 cm³/mol. The van der Waals surface area contributed by atoms with Gasteiger partial charge in [-0.15, -0.1) is 0 Å². The van der Waals surface area contributed by atoms with Crippen LogP contribution in [-0.4, -0.2) is 17.0 Å². The highest BCUT2D eigenvalue weighted by Gasteiger charge is 2.37. The average molecular weight is 269 g/mol. The second-order valence-electron chi connectivity index (χ2n) is 4.42. The molecule has 0 bridgehead atoms. The minimum Gasteiger partial charge on any atom is -0.409 e. The van der Waals surface area contributed by atoms with Crippen molar-refractivity contribution >= 4 is 23.1 Å². The summed E-state index contributed by atoms with van der Waals surface area (Å²) in [5.41, 5.74) is 5.66. The number of hydrogen-bond acceptors (Lipinski definition) is 4. The van der Waals surface area contributed by atoms with E-state index >= 15 is 0 Å². The monoisotopic (exact) mass is 269 g/mol. The SMILES string of the molecule is CCC(C)(C(=O)NC(C)c1ccsc1)/C(N)=N/O. The number of nitrogens with zero attached hydrogens (tertiary/aromatic N) is 1. The van der Waals surface area contributed by atoms with Gasteiger partial charge in [0, 0.05) is 0 Å². The van der Waals surface area contributed by atoms with Crippen LogP contribution in [0.2, 0.25) is 0 Å². The number of amidine groups is 1. The fourth-order valence-corrected chi connectivity index (χ4v) is 2.28. The first kappa shape index (κ1) is 14.5. The molecule has 100 valence electrons. The molecule has 0 spiro atoms. The quantitative estimate of drug-likeness (QED) is 0.331. The molecule has 0 aliphatic heterocycles. The number of nitrogens with one attached hydrogen (secondary N) is 1. The van der Waals surface area contributed by atoms with E-state index in [0.29, 0.717) is 6.42 Å². The molecule has 5 nitrogen and oxygen atoms in total. The first-order chi connectivity index (χ1) is 8.45. The molecule has 2 atom stereocenters. The Morgan fingerprint density at radius 3 is 2.83 bits per heavy atom. The average Bonchev–Trinajstić information content (AvgIpc) is 2.90. The highest BCUT2D eigenvalue weighted by molar-refractivity contribution is 7.07. The number of hydrogen-bond donors (Lipinski definition) is 3. The number of oxime groups is 1. The van der Waals surface area contributed by atoms with E-state index in [1.807, 2.05) is 30.7 Å². The van der Waals surface area contributed by atoms with Gasteiger partial charge in [-0.05, 0) is 42.7 Å². The summed E-state index contributed by atoms with van der Waals surface area (Å²) in [4.78, 5) is 12.2. The molecule has 1 rings (SSSR count). The van der Waals surface area contributed by atoms with E-state index in [2.05, 4.69) is 10.5 Å². The van der Waals surface area contributed by atoms with Crippen LogP contribution in [0.4, 0.5) is 0 Å². The van der Waals surface area contributed by atoms with Gasteiger partial charge in [0.05, 0.1) is 6.04 Å². The highest BCUT2D eigenvalue weighted by Crippen LogP contribution is 2.24. The third-order valence-corrected chi connectivity index (χ3v) is 3.97. The summed E-state index contributed by atoms with van der Waals surface area (Å²) in [6.45, 7) is 5.40. The van der Waals surface area contributed by atoms with Crippen molar-refractivity contribution in [3.63, 3.8) is 0 Å². The van der Waals surface area contributed by atoms with E-state index in [1.54, 1.807) is 18.3 Å². The van der Waals surface area contributed by atoms with Gasteiger partial charge in [0.25, 0.3) is 0 Å². The Morgan fingerprint density at radius 2 is 2.39 bits per heavy atom. The molecule has 4 N–H and O–H groups in total. The fraction of sp³-hybridized carbons (Fsp3) is 0.500. The Morgan fingerprint density at radius 1 is 1.72 bits per heavy atom. The standard InChI is InChI=1S/C12H19N3O2S/c1-4-12(3,10(13)15-17)11(16)14-8(2)9-5-6-18-7-9/h5-8,17H,4H2,1-3H3,(H2,13,15)(H,14,16). The van der Waals surface area contributed by atoms with Crippen molar-refractivity contribution in [3.05, 3.63) is 22.4 Å². The van der Waals surface area contributed by atoms with Crippen molar-refractivity contribution < 1.29 is 10.0 Å². The van der Waals surface area contributed by atoms with Crippen molar-refractivity contribution in [1.29, 1.82) is 0 Å². The van der Waals surface area contributed by atoms with Crippen LogP contribution in [0, 0.1) is 5.41 Å². The van der Waals surface area contributed by atoms with Crippen LogP contribution < -0.4 is 11.1 Å². The zero-order valence-corrected chi connectivity index (χ0v) is 11.6. The minimum absolute atomic E-state index is 0.0694. The molecule has 1 amide bonds. The normalized spacial score (nSPS) is 16.9. The zero-order valence-electron chi connectivity index (χ0n) is 10.8. The summed E-state index contributed by atoms with van der Waals surface area (Å²) in [5, 5.41) is 18.5. The molecule has 18 heavy (non-hydrogen) atoms. The number of carbonyl (C=O) groups is 1. The van der Waals surface area contributed by atoms with E-state index in [9.17, 15) is 4.79 Å². The molecule has 0 saturated carbocycles. The Kier molecular flexibility index (Phi) is 4.72. The molecule has 6 heteroatoms. The molecule has 0 aromatic carbocycles. The van der Waals surface area contributed by atoms with E-state index in [0.717, 1.165) is 5.56 Å². The van der Waals surface area contributed by atoms with Crippen LogP contribution in [0.1, 0.15) is 38.8 Å². The topological polar surface area (TPSA) is 87.7 Å². The maximum absolute atomic E-state index is 12.2. The van der Waals surface area contributed by atoms with Crippen molar-refractivity contribution in [2.45, 2.75) is 33.2 Å². The molecule has 1 heterocycles. The van der Waals surface area contributed by atoms with Crippen molar-refractivity contribution in [1.82, 2.24) is 5.32 Å². The van der Waals surface area contributed by atoms with E-state index in [4.69, 9.17) is 10.9 Å². The van der Waals surface area contributed by atoms with Gasteiger partial charge in [0.1, 0.15) is 5.41 Å². The third-order valence-electron chi connectivity index (χ3n) is 3.27. The molecule has 0 fully saturated rings. The lowest BCUT2D eigenvalue weighted by molar-refractivity contribution is -0.127. The first-order valence-electron chi connectivity index (χ1n) is 5.76. The molecule has 1 aromatic heterocycles. The summed E-state index contributed by atoms with van der Waals surface area (Å²) in [6.07, 6.45) is 0.463. The first-order valence-corrected chi connectivity index (χ1v) is 6.71. The summed E-state index contributed by atoms with van der Waals surface area (Å²) in [7, 11) is 0. The Labute approximate surface area is 111 Å². The van der Waals surface area contributed by atoms with E-state index < -0.39 is 5.41 Å². The highest BCUT2D eigenvalue weighted by atomic mass is 32.1. The van der Waals surface area contributed by atoms with Crippen LogP contribution in [0.25, 0.3) is 0 Å². The second kappa shape index (κ2) is 5.86. The number of rotatable bonds is 5. The molecular weight excluding hydrogens is 250 g/mol. The maximum atomic E-state index is 12.2. The van der Waals surface area contributed by atoms with Gasteiger partial charge in [0.15, 0.2) is 5.84 Å². The van der Waals surface area contributed by atoms with Crippen LogP contribution in [-0.2, 0) is 4.79 Å². The lowest BCUT2D eigenvalue weighted by Gasteiger charge is -2.27. The number of thiophene rings is 1. The van der Waals surface area contributed by atoms with Crippen molar-refractivity contribution in [2.24, 2.45) is 16.3 Å². The van der Waals surface area contributed by atoms with Gasteiger partial charge < -0.3 is 16.3 Å². The van der Waals surface area contributed by atoms with E-state index in [-0.39, 0.29) is 17.8 Å². The third kappa shape index (κ3) is 2.81.